The number of benzene rings is 1. The van der Waals surface area contributed by atoms with Crippen LogP contribution in [0.15, 0.2) is 36.5 Å². The molecule has 32 heavy (non-hydrogen) atoms. The zero-order chi connectivity index (χ0) is 22.4. The quantitative estimate of drug-likeness (QED) is 0.395. The van der Waals surface area contributed by atoms with Crippen molar-refractivity contribution in [3.05, 3.63) is 42.1 Å². The van der Waals surface area contributed by atoms with E-state index in [9.17, 15) is 4.79 Å². The lowest BCUT2D eigenvalue weighted by atomic mass is 10.0. The predicted octanol–water partition coefficient (Wildman–Crippen LogP) is 3.84. The largest absolute Gasteiger partial charge is 0.494 e. The number of carbonyl (C=O) groups is 1. The van der Waals surface area contributed by atoms with Crippen molar-refractivity contribution in [3.8, 4) is 17.3 Å². The number of piperidine rings is 1. The highest BCUT2D eigenvalue weighted by molar-refractivity contribution is 14.1. The molecule has 1 atom stereocenters. The van der Waals surface area contributed by atoms with Gasteiger partial charge in [0.15, 0.2) is 5.82 Å². The van der Waals surface area contributed by atoms with Gasteiger partial charge in [0.2, 0.25) is 0 Å². The Morgan fingerprint density at radius 2 is 2.19 bits per heavy atom. The summed E-state index contributed by atoms with van der Waals surface area (Å²) in [6.45, 7) is 4.17. The van der Waals surface area contributed by atoms with Gasteiger partial charge in [0.25, 0.3) is 5.91 Å². The van der Waals surface area contributed by atoms with Crippen molar-refractivity contribution in [3.63, 3.8) is 0 Å². The summed E-state index contributed by atoms with van der Waals surface area (Å²) in [6.07, 6.45) is 3.68. The first-order valence-electron chi connectivity index (χ1n) is 10.8. The first kappa shape index (κ1) is 21.2. The van der Waals surface area contributed by atoms with Crippen LogP contribution in [0.25, 0.3) is 33.6 Å². The molecular formula is C23H25IN6O2. The van der Waals surface area contributed by atoms with E-state index in [1.807, 2.05) is 25.9 Å². The summed E-state index contributed by atoms with van der Waals surface area (Å²) in [5.74, 6) is 1.39. The number of fused-ring (bicyclic) bond motifs is 2. The second-order valence-electron chi connectivity index (χ2n) is 8.11. The number of halogens is 1. The van der Waals surface area contributed by atoms with E-state index in [1.165, 1.54) is 0 Å². The van der Waals surface area contributed by atoms with Gasteiger partial charge < -0.3 is 19.9 Å². The SMILES string of the molecule is CCn1c(-c2nc3cc(C(=O)N4CCC[C@@H](N)C4)cc(OC)c3n2I)cc2cccnc21. The van der Waals surface area contributed by atoms with Crippen LogP contribution in [0.4, 0.5) is 0 Å². The molecule has 0 radical (unpaired) electrons. The number of rotatable bonds is 4. The van der Waals surface area contributed by atoms with Crippen molar-refractivity contribution in [1.82, 2.24) is 22.2 Å². The summed E-state index contributed by atoms with van der Waals surface area (Å²) in [6, 6.07) is 9.79. The van der Waals surface area contributed by atoms with Gasteiger partial charge >= 0.3 is 0 Å². The molecule has 2 N–H and O–H groups in total. The smallest absolute Gasteiger partial charge is 0.254 e. The molecule has 0 unspecified atom stereocenters. The number of aryl methyl sites for hydroxylation is 1. The van der Waals surface area contributed by atoms with Gasteiger partial charge in [-0.25, -0.2) is 9.97 Å². The van der Waals surface area contributed by atoms with E-state index in [4.69, 9.17) is 15.5 Å². The molecule has 0 bridgehead atoms. The Bertz CT molecular complexity index is 1330. The molecule has 9 heteroatoms. The Morgan fingerprint density at radius 1 is 1.34 bits per heavy atom. The summed E-state index contributed by atoms with van der Waals surface area (Å²) in [7, 11) is 1.62. The second kappa shape index (κ2) is 8.36. The van der Waals surface area contributed by atoms with Gasteiger partial charge in [-0.15, -0.1) is 0 Å². The van der Waals surface area contributed by atoms with Gasteiger partial charge in [-0.3, -0.25) is 7.58 Å². The fourth-order valence-electron chi connectivity index (χ4n) is 4.55. The topological polar surface area (TPSA) is 91.2 Å². The van der Waals surface area contributed by atoms with Crippen molar-refractivity contribution < 1.29 is 9.53 Å². The van der Waals surface area contributed by atoms with Crippen molar-refractivity contribution in [2.24, 2.45) is 5.73 Å². The van der Waals surface area contributed by atoms with Crippen molar-refractivity contribution in [2.75, 3.05) is 20.2 Å². The van der Waals surface area contributed by atoms with Crippen LogP contribution in [-0.4, -0.2) is 54.4 Å². The maximum Gasteiger partial charge on any atom is 0.254 e. The lowest BCUT2D eigenvalue weighted by Crippen LogP contribution is -2.45. The average Bonchev–Trinajstić information content (AvgIpc) is 3.35. The number of likely N-dealkylation sites (tertiary alicyclic amines) is 1. The van der Waals surface area contributed by atoms with Crippen LogP contribution in [-0.2, 0) is 6.54 Å². The lowest BCUT2D eigenvalue weighted by Gasteiger charge is -2.30. The van der Waals surface area contributed by atoms with E-state index in [0.717, 1.165) is 59.5 Å². The highest BCUT2D eigenvalue weighted by Gasteiger charge is 2.25. The van der Waals surface area contributed by atoms with E-state index >= 15 is 0 Å². The number of hydrogen-bond acceptors (Lipinski definition) is 5. The second-order valence-corrected chi connectivity index (χ2v) is 9.07. The number of pyridine rings is 1. The maximum atomic E-state index is 13.2. The number of nitrogens with zero attached hydrogens (tertiary/aromatic N) is 5. The summed E-state index contributed by atoms with van der Waals surface area (Å²) < 4.78 is 9.84. The van der Waals surface area contributed by atoms with Crippen LogP contribution in [0.1, 0.15) is 30.1 Å². The van der Waals surface area contributed by atoms with Crippen LogP contribution in [0.3, 0.4) is 0 Å². The fourth-order valence-corrected chi connectivity index (χ4v) is 5.39. The fraction of sp³-hybridized carbons (Fsp3) is 0.348. The number of aromatic nitrogens is 4. The third-order valence-electron chi connectivity index (χ3n) is 6.08. The minimum absolute atomic E-state index is 0.0306. The van der Waals surface area contributed by atoms with Crippen molar-refractivity contribution in [1.29, 1.82) is 0 Å². The van der Waals surface area contributed by atoms with Crippen molar-refractivity contribution in [2.45, 2.75) is 32.4 Å². The summed E-state index contributed by atoms with van der Waals surface area (Å²) in [5.41, 5.74) is 10.1. The van der Waals surface area contributed by atoms with Gasteiger partial charge in [-0.2, -0.15) is 0 Å². The van der Waals surface area contributed by atoms with Crippen LogP contribution < -0.4 is 10.5 Å². The molecular weight excluding hydrogens is 519 g/mol. The average molecular weight is 544 g/mol. The molecule has 1 saturated heterocycles. The Morgan fingerprint density at radius 3 is 2.94 bits per heavy atom. The molecule has 0 saturated carbocycles. The minimum Gasteiger partial charge on any atom is -0.494 e. The number of carbonyl (C=O) groups excluding carboxylic acids is 1. The van der Waals surface area contributed by atoms with Gasteiger partial charge in [0, 0.05) is 42.8 Å². The highest BCUT2D eigenvalue weighted by Crippen LogP contribution is 2.36. The molecule has 1 amide bonds. The number of hydrogen-bond donors (Lipinski definition) is 1. The third kappa shape index (κ3) is 3.43. The zero-order valence-electron chi connectivity index (χ0n) is 18.1. The molecule has 0 aliphatic carbocycles. The van der Waals surface area contributed by atoms with Crippen LogP contribution in [0, 0.1) is 0 Å². The molecule has 166 valence electrons. The number of nitrogens with two attached hydrogens (primary N) is 1. The zero-order valence-corrected chi connectivity index (χ0v) is 20.2. The molecule has 1 aromatic carbocycles. The number of methoxy groups -OCH3 is 1. The molecule has 4 heterocycles. The normalized spacial score (nSPS) is 16.8. The van der Waals surface area contributed by atoms with Gasteiger partial charge in [-0.1, -0.05) is 0 Å². The molecule has 8 nitrogen and oxygen atoms in total. The summed E-state index contributed by atoms with van der Waals surface area (Å²) in [5, 5.41) is 1.07. The first-order valence-corrected chi connectivity index (χ1v) is 11.7. The monoisotopic (exact) mass is 544 g/mol. The van der Waals surface area contributed by atoms with Gasteiger partial charge in [0.1, 0.15) is 16.9 Å². The first-order chi connectivity index (χ1) is 15.5. The molecule has 3 aromatic heterocycles. The highest BCUT2D eigenvalue weighted by atomic mass is 127. The molecule has 5 rings (SSSR count). The lowest BCUT2D eigenvalue weighted by molar-refractivity contribution is 0.0708. The Hall–Kier alpha value is -2.66. The van der Waals surface area contributed by atoms with Crippen LogP contribution in [0.2, 0.25) is 0 Å². The third-order valence-corrected chi connectivity index (χ3v) is 7.02. The van der Waals surface area contributed by atoms with E-state index in [0.29, 0.717) is 17.9 Å². The van der Waals surface area contributed by atoms with E-state index in [1.54, 1.807) is 13.3 Å². The molecule has 4 aromatic rings. The van der Waals surface area contributed by atoms with Crippen molar-refractivity contribution >= 4 is 50.8 Å². The van der Waals surface area contributed by atoms with Gasteiger partial charge in [0.05, 0.1) is 41.2 Å². The van der Waals surface area contributed by atoms with E-state index < -0.39 is 0 Å². The Kier molecular flexibility index (Phi) is 5.54. The number of amides is 1. The Balaban J connectivity index is 1.64. The summed E-state index contributed by atoms with van der Waals surface area (Å²) in [4.78, 5) is 24.5. The number of ether oxygens (including phenoxy) is 1. The van der Waals surface area contributed by atoms with Gasteiger partial charge in [-0.05, 0) is 50.1 Å². The van der Waals surface area contributed by atoms with Crippen LogP contribution >= 0.6 is 22.9 Å². The van der Waals surface area contributed by atoms with E-state index in [-0.39, 0.29) is 11.9 Å². The summed E-state index contributed by atoms with van der Waals surface area (Å²) >= 11 is 2.25. The molecule has 0 spiro atoms. The standard InChI is InChI=1S/C23H25IN6O2/c1-3-29-18(11-14-6-4-8-26-21(14)29)22-27-17-10-15(12-19(32-2)20(17)30(22)24)23(31)28-9-5-7-16(25)13-28/h4,6,8,10-12,16H,3,5,7,9,13,25H2,1-2H3/t16-/m1/s1. The molecule has 1 aliphatic rings. The Labute approximate surface area is 199 Å². The molecule has 1 aliphatic heterocycles. The van der Waals surface area contributed by atoms with E-state index in [2.05, 4.69) is 51.5 Å². The maximum absolute atomic E-state index is 13.2. The number of imidazole rings is 1. The minimum atomic E-state index is -0.0308. The van der Waals surface area contributed by atoms with Crippen LogP contribution in [0.5, 0.6) is 5.75 Å². The predicted molar refractivity (Wildman–Crippen MR) is 133 cm³/mol. The molecule has 1 fully saturated rings.